The van der Waals surface area contributed by atoms with E-state index >= 15 is 0 Å². The number of nitrogens with one attached hydrogen (secondary N) is 1. The fraction of sp³-hybridized carbons (Fsp3) is 0.632. The van der Waals surface area contributed by atoms with Gasteiger partial charge >= 0.3 is 0 Å². The highest BCUT2D eigenvalue weighted by Gasteiger charge is 2.28. The fourth-order valence-electron chi connectivity index (χ4n) is 3.65. The molecule has 0 bridgehead atoms. The van der Waals surface area contributed by atoms with Gasteiger partial charge in [-0.2, -0.15) is 0 Å². The molecule has 0 spiro atoms. The van der Waals surface area contributed by atoms with Crippen LogP contribution in [0.2, 0.25) is 0 Å². The van der Waals surface area contributed by atoms with Gasteiger partial charge in [-0.1, -0.05) is 12.1 Å². The van der Waals surface area contributed by atoms with Gasteiger partial charge in [-0.3, -0.25) is 4.79 Å². The molecule has 2 fully saturated rings. The Bertz CT molecular complexity index is 552. The molecule has 2 saturated heterocycles. The third-order valence-corrected chi connectivity index (χ3v) is 5.22. The SMILES string of the molecule is O=C(CNC[C@H]1CCCO1)N1CCC([C@@H](O)c2ccc(F)cc2)CC1. The summed E-state index contributed by atoms with van der Waals surface area (Å²) >= 11 is 0. The van der Waals surface area contributed by atoms with Gasteiger partial charge in [0.1, 0.15) is 5.82 Å². The maximum atomic E-state index is 13.0. The van der Waals surface area contributed by atoms with Crippen LogP contribution in [-0.2, 0) is 9.53 Å². The first-order valence-corrected chi connectivity index (χ1v) is 9.17. The van der Waals surface area contributed by atoms with Crippen molar-refractivity contribution < 1.29 is 19.0 Å². The number of carbonyl (C=O) groups is 1. The van der Waals surface area contributed by atoms with Crippen molar-refractivity contribution in [2.45, 2.75) is 37.9 Å². The van der Waals surface area contributed by atoms with Gasteiger partial charge in [0.15, 0.2) is 0 Å². The molecule has 2 atom stereocenters. The van der Waals surface area contributed by atoms with Gasteiger partial charge in [0.2, 0.25) is 5.91 Å². The smallest absolute Gasteiger partial charge is 0.236 e. The van der Waals surface area contributed by atoms with Gasteiger partial charge in [0.05, 0.1) is 18.8 Å². The maximum Gasteiger partial charge on any atom is 0.236 e. The summed E-state index contributed by atoms with van der Waals surface area (Å²) in [5.41, 5.74) is 0.740. The lowest BCUT2D eigenvalue weighted by molar-refractivity contribution is -0.132. The van der Waals surface area contributed by atoms with Crippen molar-refractivity contribution in [3.05, 3.63) is 35.6 Å². The number of piperidine rings is 1. The predicted octanol–water partition coefficient (Wildman–Crippen LogP) is 1.87. The first-order chi connectivity index (χ1) is 12.1. The summed E-state index contributed by atoms with van der Waals surface area (Å²) in [7, 11) is 0. The largest absolute Gasteiger partial charge is 0.388 e. The molecule has 2 N–H and O–H groups in total. The second kappa shape index (κ2) is 8.74. The van der Waals surface area contributed by atoms with Crippen LogP contribution in [0.15, 0.2) is 24.3 Å². The van der Waals surface area contributed by atoms with Crippen LogP contribution in [0.5, 0.6) is 0 Å². The van der Waals surface area contributed by atoms with Crippen LogP contribution in [0.4, 0.5) is 4.39 Å². The number of amides is 1. The summed E-state index contributed by atoms with van der Waals surface area (Å²) in [5, 5.41) is 13.7. The van der Waals surface area contributed by atoms with Crippen LogP contribution >= 0.6 is 0 Å². The summed E-state index contributed by atoms with van der Waals surface area (Å²) in [5.74, 6) is -0.0889. The first kappa shape index (κ1) is 18.3. The lowest BCUT2D eigenvalue weighted by atomic mass is 9.87. The van der Waals surface area contributed by atoms with E-state index in [9.17, 15) is 14.3 Å². The highest BCUT2D eigenvalue weighted by atomic mass is 19.1. The van der Waals surface area contributed by atoms with E-state index in [1.54, 1.807) is 12.1 Å². The van der Waals surface area contributed by atoms with E-state index in [1.165, 1.54) is 12.1 Å². The molecule has 0 aromatic heterocycles. The second-order valence-corrected chi connectivity index (χ2v) is 6.98. The molecule has 0 radical (unpaired) electrons. The Hall–Kier alpha value is -1.50. The minimum atomic E-state index is -0.601. The molecule has 0 saturated carbocycles. The van der Waals surface area contributed by atoms with Gasteiger partial charge in [-0.25, -0.2) is 4.39 Å². The summed E-state index contributed by atoms with van der Waals surface area (Å²) in [6, 6.07) is 6.01. The molecule has 1 amide bonds. The Morgan fingerprint density at radius 2 is 2.00 bits per heavy atom. The first-order valence-electron chi connectivity index (χ1n) is 9.17. The topological polar surface area (TPSA) is 61.8 Å². The van der Waals surface area contributed by atoms with Crippen LogP contribution in [0, 0.1) is 11.7 Å². The van der Waals surface area contributed by atoms with Crippen LogP contribution < -0.4 is 5.32 Å². The summed E-state index contributed by atoms with van der Waals surface area (Å²) in [6.07, 6.45) is 3.32. The minimum absolute atomic E-state index is 0.104. The quantitative estimate of drug-likeness (QED) is 0.822. The predicted molar refractivity (Wildman–Crippen MR) is 92.5 cm³/mol. The van der Waals surface area contributed by atoms with Gasteiger partial charge in [0, 0.05) is 26.2 Å². The summed E-state index contributed by atoms with van der Waals surface area (Å²) in [6.45, 7) is 3.20. The number of aliphatic hydroxyl groups excluding tert-OH is 1. The van der Waals surface area contributed by atoms with Crippen LogP contribution in [0.3, 0.4) is 0 Å². The molecule has 0 aliphatic carbocycles. The van der Waals surface area contributed by atoms with Crippen molar-refractivity contribution >= 4 is 5.91 Å². The molecule has 2 aliphatic heterocycles. The lowest BCUT2D eigenvalue weighted by Crippen LogP contribution is -2.44. The van der Waals surface area contributed by atoms with Gasteiger partial charge in [0.25, 0.3) is 0 Å². The third-order valence-electron chi connectivity index (χ3n) is 5.22. The monoisotopic (exact) mass is 350 g/mol. The molecule has 25 heavy (non-hydrogen) atoms. The average molecular weight is 350 g/mol. The molecule has 5 nitrogen and oxygen atoms in total. The van der Waals surface area contributed by atoms with Crippen molar-refractivity contribution in [3.63, 3.8) is 0 Å². The molecule has 6 heteroatoms. The highest BCUT2D eigenvalue weighted by Crippen LogP contribution is 2.30. The number of rotatable bonds is 6. The Labute approximate surface area is 148 Å². The molecular formula is C19H27FN2O3. The van der Waals surface area contributed by atoms with Gasteiger partial charge < -0.3 is 20.1 Å². The second-order valence-electron chi connectivity index (χ2n) is 6.98. The molecule has 1 aromatic rings. The number of hydrogen-bond donors (Lipinski definition) is 2. The summed E-state index contributed by atoms with van der Waals surface area (Å²) in [4.78, 5) is 14.1. The number of aliphatic hydroxyl groups is 1. The molecule has 3 rings (SSSR count). The zero-order chi connectivity index (χ0) is 17.6. The highest BCUT2D eigenvalue weighted by molar-refractivity contribution is 5.78. The van der Waals surface area contributed by atoms with Crippen molar-refractivity contribution in [1.29, 1.82) is 0 Å². The van der Waals surface area contributed by atoms with E-state index in [2.05, 4.69) is 5.32 Å². The van der Waals surface area contributed by atoms with Gasteiger partial charge in [-0.05, 0) is 49.3 Å². The van der Waals surface area contributed by atoms with Crippen molar-refractivity contribution in [2.24, 2.45) is 5.92 Å². The van der Waals surface area contributed by atoms with E-state index < -0.39 is 6.10 Å². The van der Waals surface area contributed by atoms with Crippen molar-refractivity contribution in [1.82, 2.24) is 10.2 Å². The standard InChI is InChI=1S/C19H27FN2O3/c20-16-5-3-14(4-6-16)19(24)15-7-9-22(10-8-15)18(23)13-21-12-17-2-1-11-25-17/h3-6,15,17,19,21,24H,1-2,7-13H2/t17-,19+/m1/s1. The van der Waals surface area contributed by atoms with Crippen LogP contribution in [0.25, 0.3) is 0 Å². The number of halogens is 1. The maximum absolute atomic E-state index is 13.0. The molecular weight excluding hydrogens is 323 g/mol. The van der Waals surface area contributed by atoms with E-state index in [-0.39, 0.29) is 23.7 Å². The molecule has 2 aliphatic rings. The average Bonchev–Trinajstić information content (AvgIpc) is 3.15. The Morgan fingerprint density at radius 3 is 2.64 bits per heavy atom. The van der Waals surface area contributed by atoms with Crippen LogP contribution in [0.1, 0.15) is 37.4 Å². The lowest BCUT2D eigenvalue weighted by Gasteiger charge is -2.34. The molecule has 0 unspecified atom stereocenters. The molecule has 1 aromatic carbocycles. The Balaban J connectivity index is 1.40. The van der Waals surface area contributed by atoms with E-state index in [1.807, 2.05) is 4.90 Å². The number of benzene rings is 1. The fourth-order valence-corrected chi connectivity index (χ4v) is 3.65. The number of hydrogen-bond acceptors (Lipinski definition) is 4. The Morgan fingerprint density at radius 1 is 1.28 bits per heavy atom. The molecule has 138 valence electrons. The number of ether oxygens (including phenoxy) is 1. The Kier molecular flexibility index (Phi) is 6.39. The van der Waals surface area contributed by atoms with Crippen molar-refractivity contribution in [2.75, 3.05) is 32.8 Å². The zero-order valence-electron chi connectivity index (χ0n) is 14.5. The van der Waals surface area contributed by atoms with E-state index in [0.29, 0.717) is 19.6 Å². The zero-order valence-corrected chi connectivity index (χ0v) is 14.5. The van der Waals surface area contributed by atoms with E-state index in [0.717, 1.165) is 44.4 Å². The third kappa shape index (κ3) is 5.00. The normalized spacial score (nSPS) is 23.0. The van der Waals surface area contributed by atoms with Crippen LogP contribution in [-0.4, -0.2) is 54.8 Å². The van der Waals surface area contributed by atoms with E-state index in [4.69, 9.17) is 4.74 Å². The van der Waals surface area contributed by atoms with Gasteiger partial charge in [-0.15, -0.1) is 0 Å². The minimum Gasteiger partial charge on any atom is -0.388 e. The number of nitrogens with zero attached hydrogens (tertiary/aromatic N) is 1. The number of carbonyl (C=O) groups excluding carboxylic acids is 1. The number of likely N-dealkylation sites (tertiary alicyclic amines) is 1. The molecule has 2 heterocycles. The summed E-state index contributed by atoms with van der Waals surface area (Å²) < 4.78 is 18.5. The van der Waals surface area contributed by atoms with Crippen molar-refractivity contribution in [3.8, 4) is 0 Å².